The van der Waals surface area contributed by atoms with Gasteiger partial charge in [-0.2, -0.15) is 0 Å². The largest absolute Gasteiger partial charge is 0.389 e. The van der Waals surface area contributed by atoms with Crippen LogP contribution in [0, 0.1) is 19.8 Å². The van der Waals surface area contributed by atoms with Gasteiger partial charge in [-0.3, -0.25) is 4.90 Å². The van der Waals surface area contributed by atoms with Gasteiger partial charge in [0.1, 0.15) is 0 Å². The first kappa shape index (κ1) is 21.7. The number of benzene rings is 2. The molecule has 2 fully saturated rings. The van der Waals surface area contributed by atoms with Crippen molar-refractivity contribution in [2.75, 3.05) is 37.6 Å². The zero-order valence-corrected chi connectivity index (χ0v) is 19.2. The molecule has 0 aromatic heterocycles. The van der Waals surface area contributed by atoms with Crippen LogP contribution in [0.2, 0.25) is 5.02 Å². The van der Waals surface area contributed by atoms with Crippen molar-refractivity contribution in [3.05, 3.63) is 64.2 Å². The van der Waals surface area contributed by atoms with Gasteiger partial charge in [-0.15, -0.1) is 0 Å². The summed E-state index contributed by atoms with van der Waals surface area (Å²) >= 11 is 6.40. The minimum absolute atomic E-state index is 0.345. The van der Waals surface area contributed by atoms with E-state index in [0.29, 0.717) is 5.92 Å². The molecule has 2 unspecified atom stereocenters. The van der Waals surface area contributed by atoms with Gasteiger partial charge in [0.05, 0.1) is 16.3 Å². The number of aliphatic hydroxyl groups is 1. The molecule has 2 aliphatic rings. The van der Waals surface area contributed by atoms with Crippen LogP contribution < -0.4 is 4.90 Å². The number of hydrogen-bond acceptors (Lipinski definition) is 3. The standard InChI is InChI=1S/C26H35ClN2O/c1-20-10-11-21(2)22(17-20)18-26(30)12-6-5-7-23(26)19-28-13-15-29(16-14-28)25-9-4-3-8-24(25)27/h3-4,8-11,17,23,30H,5-7,12-16,18-19H2,1-2H3. The molecular formula is C26H35ClN2O. The van der Waals surface area contributed by atoms with Gasteiger partial charge < -0.3 is 10.0 Å². The van der Waals surface area contributed by atoms with Gasteiger partial charge in [0.2, 0.25) is 0 Å². The smallest absolute Gasteiger partial charge is 0.0728 e. The van der Waals surface area contributed by atoms with Crippen LogP contribution in [0.5, 0.6) is 0 Å². The zero-order valence-electron chi connectivity index (χ0n) is 18.4. The molecule has 0 radical (unpaired) electrons. The van der Waals surface area contributed by atoms with Gasteiger partial charge >= 0.3 is 0 Å². The number of para-hydroxylation sites is 1. The van der Waals surface area contributed by atoms with E-state index in [4.69, 9.17) is 11.6 Å². The maximum absolute atomic E-state index is 11.7. The monoisotopic (exact) mass is 426 g/mol. The number of rotatable bonds is 5. The van der Waals surface area contributed by atoms with Crippen molar-refractivity contribution >= 4 is 17.3 Å². The van der Waals surface area contributed by atoms with Gasteiger partial charge in [-0.25, -0.2) is 0 Å². The topological polar surface area (TPSA) is 26.7 Å². The lowest BCUT2D eigenvalue weighted by Gasteiger charge is -2.45. The summed E-state index contributed by atoms with van der Waals surface area (Å²) in [6.07, 6.45) is 5.21. The molecule has 1 saturated heterocycles. The Morgan fingerprint density at radius 2 is 1.80 bits per heavy atom. The second-order valence-corrected chi connectivity index (χ2v) is 9.80. The predicted octanol–water partition coefficient (Wildman–Crippen LogP) is 5.24. The van der Waals surface area contributed by atoms with Crippen molar-refractivity contribution in [1.29, 1.82) is 0 Å². The zero-order chi connectivity index (χ0) is 21.1. The molecule has 1 aliphatic heterocycles. The van der Waals surface area contributed by atoms with E-state index in [-0.39, 0.29) is 0 Å². The maximum Gasteiger partial charge on any atom is 0.0728 e. The van der Waals surface area contributed by atoms with E-state index in [9.17, 15) is 5.11 Å². The summed E-state index contributed by atoms with van der Waals surface area (Å²) in [5, 5.41) is 12.6. The third-order valence-corrected chi connectivity index (χ3v) is 7.54. The third-order valence-electron chi connectivity index (χ3n) is 7.22. The van der Waals surface area contributed by atoms with Crippen LogP contribution in [0.25, 0.3) is 0 Å². The summed E-state index contributed by atoms with van der Waals surface area (Å²) in [5.74, 6) is 0.345. The molecule has 4 rings (SSSR count). The third kappa shape index (κ3) is 4.85. The molecule has 0 bridgehead atoms. The molecule has 30 heavy (non-hydrogen) atoms. The van der Waals surface area contributed by atoms with Crippen molar-refractivity contribution in [3.8, 4) is 0 Å². The van der Waals surface area contributed by atoms with Crippen molar-refractivity contribution in [2.24, 2.45) is 5.92 Å². The van der Waals surface area contributed by atoms with Crippen LogP contribution in [-0.2, 0) is 6.42 Å². The Kier molecular flexibility index (Phi) is 6.72. The first-order chi connectivity index (χ1) is 14.4. The predicted molar refractivity (Wildman–Crippen MR) is 127 cm³/mol. The lowest BCUT2D eigenvalue weighted by Crippen LogP contribution is -2.53. The van der Waals surface area contributed by atoms with E-state index in [1.54, 1.807) is 0 Å². The molecule has 4 heteroatoms. The van der Waals surface area contributed by atoms with E-state index in [2.05, 4.69) is 54.0 Å². The number of nitrogens with zero attached hydrogens (tertiary/aromatic N) is 2. The summed E-state index contributed by atoms with van der Waals surface area (Å²) in [7, 11) is 0. The number of aryl methyl sites for hydroxylation is 2. The quantitative estimate of drug-likeness (QED) is 0.707. The van der Waals surface area contributed by atoms with Crippen LogP contribution in [0.4, 0.5) is 5.69 Å². The van der Waals surface area contributed by atoms with Crippen molar-refractivity contribution in [1.82, 2.24) is 4.90 Å². The van der Waals surface area contributed by atoms with Gasteiger partial charge in [-0.1, -0.05) is 60.3 Å². The minimum atomic E-state index is -0.587. The lowest BCUT2D eigenvalue weighted by molar-refractivity contribution is -0.0596. The fourth-order valence-corrected chi connectivity index (χ4v) is 5.56. The van der Waals surface area contributed by atoms with Crippen LogP contribution in [0.1, 0.15) is 42.4 Å². The molecule has 162 valence electrons. The number of hydrogen-bond donors (Lipinski definition) is 1. The number of anilines is 1. The summed E-state index contributed by atoms with van der Waals surface area (Å²) in [5.41, 5.74) is 4.45. The molecule has 2 aromatic rings. The second-order valence-electron chi connectivity index (χ2n) is 9.39. The molecule has 0 amide bonds. The molecule has 2 atom stereocenters. The fraction of sp³-hybridized carbons (Fsp3) is 0.538. The molecule has 2 aromatic carbocycles. The summed E-state index contributed by atoms with van der Waals surface area (Å²) < 4.78 is 0. The Labute approximate surface area is 186 Å². The van der Waals surface area contributed by atoms with Crippen molar-refractivity contribution in [2.45, 2.75) is 51.6 Å². The molecule has 3 nitrogen and oxygen atoms in total. The molecule has 0 spiro atoms. The van der Waals surface area contributed by atoms with E-state index in [0.717, 1.165) is 69.1 Å². The highest BCUT2D eigenvalue weighted by atomic mass is 35.5. The molecule has 1 aliphatic carbocycles. The highest BCUT2D eigenvalue weighted by molar-refractivity contribution is 6.33. The van der Waals surface area contributed by atoms with Crippen molar-refractivity contribution < 1.29 is 5.11 Å². The van der Waals surface area contributed by atoms with Gasteiger partial charge in [0.25, 0.3) is 0 Å². The van der Waals surface area contributed by atoms with E-state index in [1.165, 1.54) is 23.1 Å². The Bertz CT molecular complexity index is 862. The summed E-state index contributed by atoms with van der Waals surface area (Å²) in [4.78, 5) is 4.94. The summed E-state index contributed by atoms with van der Waals surface area (Å²) in [6.45, 7) is 9.35. The van der Waals surface area contributed by atoms with Gasteiger partial charge in [0.15, 0.2) is 0 Å². The van der Waals surface area contributed by atoms with Crippen LogP contribution >= 0.6 is 11.6 Å². The average molecular weight is 427 g/mol. The Balaban J connectivity index is 1.40. The number of piperazine rings is 1. The van der Waals surface area contributed by atoms with Gasteiger partial charge in [0, 0.05) is 45.1 Å². The first-order valence-corrected chi connectivity index (χ1v) is 11.8. The molecule has 1 N–H and O–H groups in total. The lowest BCUT2D eigenvalue weighted by atomic mass is 9.71. The highest BCUT2D eigenvalue weighted by Crippen LogP contribution is 2.38. The number of halogens is 1. The van der Waals surface area contributed by atoms with Crippen LogP contribution in [0.3, 0.4) is 0 Å². The fourth-order valence-electron chi connectivity index (χ4n) is 5.30. The Morgan fingerprint density at radius 1 is 1.03 bits per heavy atom. The van der Waals surface area contributed by atoms with Crippen LogP contribution in [0.15, 0.2) is 42.5 Å². The SMILES string of the molecule is Cc1ccc(C)c(CC2(O)CCCCC2CN2CCN(c3ccccc3Cl)CC2)c1. The minimum Gasteiger partial charge on any atom is -0.389 e. The van der Waals surface area contributed by atoms with Gasteiger partial charge in [-0.05, 0) is 49.9 Å². The van der Waals surface area contributed by atoms with Crippen LogP contribution in [-0.4, -0.2) is 48.3 Å². The molecule has 1 heterocycles. The maximum atomic E-state index is 11.7. The average Bonchev–Trinajstić information content (AvgIpc) is 2.74. The Morgan fingerprint density at radius 3 is 2.57 bits per heavy atom. The van der Waals surface area contributed by atoms with E-state index >= 15 is 0 Å². The van der Waals surface area contributed by atoms with E-state index in [1.807, 2.05) is 12.1 Å². The second kappa shape index (κ2) is 9.30. The molecular weight excluding hydrogens is 392 g/mol. The van der Waals surface area contributed by atoms with Crippen molar-refractivity contribution in [3.63, 3.8) is 0 Å². The highest BCUT2D eigenvalue weighted by Gasteiger charge is 2.40. The van der Waals surface area contributed by atoms with E-state index < -0.39 is 5.60 Å². The summed E-state index contributed by atoms with van der Waals surface area (Å²) in [6, 6.07) is 14.8. The molecule has 1 saturated carbocycles. The first-order valence-electron chi connectivity index (χ1n) is 11.4. The normalized spacial score (nSPS) is 25.5. The Hall–Kier alpha value is -1.55.